The molecule has 0 aliphatic carbocycles. The Morgan fingerprint density at radius 2 is 1.72 bits per heavy atom. The van der Waals surface area contributed by atoms with Crippen LogP contribution in [-0.4, -0.2) is 22.0 Å². The number of nitrogens with zero attached hydrogens (tertiary/aromatic N) is 2. The summed E-state index contributed by atoms with van der Waals surface area (Å²) in [5, 5.41) is 6.08. The van der Waals surface area contributed by atoms with Crippen LogP contribution in [0.1, 0.15) is 41.2 Å². The van der Waals surface area contributed by atoms with Gasteiger partial charge in [0.25, 0.3) is 5.91 Å². The van der Waals surface area contributed by atoms with E-state index in [9.17, 15) is 4.79 Å². The number of aryl methyl sites for hydroxylation is 2. The first kappa shape index (κ1) is 20.3. The molecule has 0 fully saturated rings. The van der Waals surface area contributed by atoms with Crippen LogP contribution in [0, 0.1) is 20.8 Å². The predicted octanol–water partition coefficient (Wildman–Crippen LogP) is 5.18. The highest BCUT2D eigenvalue weighted by atomic mass is 16.5. The number of carbonyl (C=O) groups excluding carboxylic acids is 1. The number of aromatic nitrogens is 2. The summed E-state index contributed by atoms with van der Waals surface area (Å²) in [5.74, 6) is 0.859. The number of carbonyl (C=O) groups is 1. The van der Waals surface area contributed by atoms with Crippen LogP contribution in [0.3, 0.4) is 0 Å². The molecule has 3 aromatic rings. The first-order valence-corrected chi connectivity index (χ1v) is 9.59. The summed E-state index contributed by atoms with van der Waals surface area (Å²) >= 11 is 0. The van der Waals surface area contributed by atoms with Crippen molar-refractivity contribution >= 4 is 23.2 Å². The zero-order valence-corrected chi connectivity index (χ0v) is 17.4. The SMILES string of the molecule is Cc1cc(C(=O)Nc2ccc(OC(C)C)cc2)nc(Nc2cccc(C)c2C)n1. The number of benzene rings is 2. The second-order valence-corrected chi connectivity index (χ2v) is 7.24. The summed E-state index contributed by atoms with van der Waals surface area (Å²) in [5.41, 5.74) is 4.89. The molecule has 1 heterocycles. The molecule has 0 bridgehead atoms. The first-order valence-electron chi connectivity index (χ1n) is 9.59. The summed E-state index contributed by atoms with van der Waals surface area (Å²) < 4.78 is 5.62. The molecule has 3 rings (SSSR count). The van der Waals surface area contributed by atoms with Crippen molar-refractivity contribution < 1.29 is 9.53 Å². The van der Waals surface area contributed by atoms with E-state index in [1.807, 2.05) is 65.0 Å². The van der Waals surface area contributed by atoms with Crippen LogP contribution in [0.2, 0.25) is 0 Å². The van der Waals surface area contributed by atoms with E-state index < -0.39 is 0 Å². The molecular formula is C23H26N4O2. The molecule has 0 atom stereocenters. The zero-order valence-electron chi connectivity index (χ0n) is 17.4. The average Bonchev–Trinajstić information content (AvgIpc) is 2.66. The maximum atomic E-state index is 12.7. The van der Waals surface area contributed by atoms with Gasteiger partial charge in [-0.1, -0.05) is 12.1 Å². The van der Waals surface area contributed by atoms with Gasteiger partial charge in [-0.05, 0) is 82.1 Å². The second-order valence-electron chi connectivity index (χ2n) is 7.24. The van der Waals surface area contributed by atoms with Gasteiger partial charge in [0, 0.05) is 17.1 Å². The maximum absolute atomic E-state index is 12.7. The van der Waals surface area contributed by atoms with Gasteiger partial charge in [0.1, 0.15) is 11.4 Å². The zero-order chi connectivity index (χ0) is 21.0. The van der Waals surface area contributed by atoms with Gasteiger partial charge in [-0.25, -0.2) is 9.97 Å². The van der Waals surface area contributed by atoms with E-state index in [2.05, 4.69) is 20.6 Å². The molecule has 2 N–H and O–H groups in total. The second kappa shape index (κ2) is 8.73. The van der Waals surface area contributed by atoms with Gasteiger partial charge in [0.2, 0.25) is 5.95 Å². The van der Waals surface area contributed by atoms with Gasteiger partial charge in [-0.3, -0.25) is 4.79 Å². The number of hydrogen-bond acceptors (Lipinski definition) is 5. The van der Waals surface area contributed by atoms with Crippen LogP contribution < -0.4 is 15.4 Å². The third kappa shape index (κ3) is 5.31. The van der Waals surface area contributed by atoms with Gasteiger partial charge < -0.3 is 15.4 Å². The first-order chi connectivity index (χ1) is 13.8. The van der Waals surface area contributed by atoms with Crippen molar-refractivity contribution in [3.63, 3.8) is 0 Å². The highest BCUT2D eigenvalue weighted by Gasteiger charge is 2.12. The highest BCUT2D eigenvalue weighted by Crippen LogP contribution is 2.22. The Balaban J connectivity index is 1.76. The monoisotopic (exact) mass is 390 g/mol. The van der Waals surface area contributed by atoms with Crippen LogP contribution in [-0.2, 0) is 0 Å². The van der Waals surface area contributed by atoms with E-state index in [0.717, 1.165) is 17.0 Å². The number of nitrogens with one attached hydrogen (secondary N) is 2. The third-order valence-electron chi connectivity index (χ3n) is 4.42. The lowest BCUT2D eigenvalue weighted by molar-refractivity contribution is 0.102. The van der Waals surface area contributed by atoms with Gasteiger partial charge >= 0.3 is 0 Å². The summed E-state index contributed by atoms with van der Waals surface area (Å²) in [4.78, 5) is 21.5. The van der Waals surface area contributed by atoms with Crippen LogP contribution in [0.25, 0.3) is 0 Å². The number of rotatable bonds is 6. The fourth-order valence-electron chi connectivity index (χ4n) is 2.83. The number of hydrogen-bond donors (Lipinski definition) is 2. The van der Waals surface area contributed by atoms with E-state index in [1.54, 1.807) is 18.2 Å². The summed E-state index contributed by atoms with van der Waals surface area (Å²) in [6, 6.07) is 14.9. The number of ether oxygens (including phenoxy) is 1. The molecule has 0 radical (unpaired) electrons. The van der Waals surface area contributed by atoms with E-state index >= 15 is 0 Å². The Kier molecular flexibility index (Phi) is 6.12. The van der Waals surface area contributed by atoms with Crippen LogP contribution in [0.15, 0.2) is 48.5 Å². The fourth-order valence-corrected chi connectivity index (χ4v) is 2.83. The maximum Gasteiger partial charge on any atom is 0.274 e. The lowest BCUT2D eigenvalue weighted by atomic mass is 10.1. The van der Waals surface area contributed by atoms with Gasteiger partial charge in [0.05, 0.1) is 6.10 Å². The molecule has 1 aromatic heterocycles. The van der Waals surface area contributed by atoms with Crippen molar-refractivity contribution in [2.24, 2.45) is 0 Å². The van der Waals surface area contributed by atoms with Crippen molar-refractivity contribution in [1.82, 2.24) is 9.97 Å². The Hall–Kier alpha value is -3.41. The van der Waals surface area contributed by atoms with Crippen LogP contribution in [0.4, 0.5) is 17.3 Å². The molecule has 0 saturated heterocycles. The van der Waals surface area contributed by atoms with Crippen molar-refractivity contribution in [2.45, 2.75) is 40.7 Å². The minimum atomic E-state index is -0.294. The summed E-state index contributed by atoms with van der Waals surface area (Å²) in [6.45, 7) is 9.86. The lowest BCUT2D eigenvalue weighted by Crippen LogP contribution is -2.15. The highest BCUT2D eigenvalue weighted by molar-refractivity contribution is 6.03. The smallest absolute Gasteiger partial charge is 0.274 e. The van der Waals surface area contributed by atoms with E-state index in [4.69, 9.17) is 4.74 Å². The Morgan fingerprint density at radius 1 is 1.00 bits per heavy atom. The van der Waals surface area contributed by atoms with Crippen molar-refractivity contribution in [2.75, 3.05) is 10.6 Å². The molecule has 6 nitrogen and oxygen atoms in total. The molecule has 0 aliphatic rings. The third-order valence-corrected chi connectivity index (χ3v) is 4.42. The molecule has 6 heteroatoms. The molecule has 29 heavy (non-hydrogen) atoms. The van der Waals surface area contributed by atoms with Crippen molar-refractivity contribution in [3.8, 4) is 5.75 Å². The normalized spacial score (nSPS) is 10.7. The van der Waals surface area contributed by atoms with Gasteiger partial charge in [-0.2, -0.15) is 0 Å². The molecule has 0 saturated carbocycles. The summed E-state index contributed by atoms with van der Waals surface area (Å²) in [7, 11) is 0. The number of amides is 1. The Bertz CT molecular complexity index is 1010. The topological polar surface area (TPSA) is 76.1 Å². The molecule has 0 aliphatic heterocycles. The fraction of sp³-hybridized carbons (Fsp3) is 0.261. The quantitative estimate of drug-likeness (QED) is 0.606. The van der Waals surface area contributed by atoms with Crippen LogP contribution in [0.5, 0.6) is 5.75 Å². The van der Waals surface area contributed by atoms with E-state index in [-0.39, 0.29) is 12.0 Å². The summed E-state index contributed by atoms with van der Waals surface area (Å²) in [6.07, 6.45) is 0.0994. The Labute approximate surface area is 171 Å². The Morgan fingerprint density at radius 3 is 2.41 bits per heavy atom. The standard InChI is InChI=1S/C23H26N4O2/c1-14(2)29-19-11-9-18(10-12-19)25-22(28)21-13-16(4)24-23(27-21)26-20-8-6-7-15(3)17(20)5/h6-14H,1-5H3,(H,25,28)(H,24,26,27). The molecule has 2 aromatic carbocycles. The largest absolute Gasteiger partial charge is 0.491 e. The van der Waals surface area contributed by atoms with Gasteiger partial charge in [0.15, 0.2) is 0 Å². The minimum Gasteiger partial charge on any atom is -0.491 e. The minimum absolute atomic E-state index is 0.0994. The van der Waals surface area contributed by atoms with Crippen LogP contribution >= 0.6 is 0 Å². The molecule has 0 spiro atoms. The van der Waals surface area contributed by atoms with Gasteiger partial charge in [-0.15, -0.1) is 0 Å². The van der Waals surface area contributed by atoms with Crippen molar-refractivity contribution in [3.05, 3.63) is 71.0 Å². The van der Waals surface area contributed by atoms with E-state index in [0.29, 0.717) is 23.0 Å². The predicted molar refractivity (Wildman–Crippen MR) is 116 cm³/mol. The number of anilines is 3. The molecule has 0 unspecified atom stereocenters. The molecule has 150 valence electrons. The average molecular weight is 390 g/mol. The van der Waals surface area contributed by atoms with E-state index in [1.165, 1.54) is 5.56 Å². The lowest BCUT2D eigenvalue weighted by Gasteiger charge is -2.12. The van der Waals surface area contributed by atoms with Crippen molar-refractivity contribution in [1.29, 1.82) is 0 Å². The molecule has 1 amide bonds. The molecular weight excluding hydrogens is 364 g/mol.